The van der Waals surface area contributed by atoms with Crippen LogP contribution in [0.2, 0.25) is 0 Å². The fraction of sp³-hybridized carbons (Fsp3) is 0.917. The van der Waals surface area contributed by atoms with Crippen molar-refractivity contribution in [1.29, 1.82) is 0 Å². The number of hydrogen-bond acceptors (Lipinski definition) is 3. The summed E-state index contributed by atoms with van der Waals surface area (Å²) < 4.78 is 5.28. The van der Waals surface area contributed by atoms with Crippen LogP contribution in [0.25, 0.3) is 0 Å². The van der Waals surface area contributed by atoms with Crippen LogP contribution in [0.1, 0.15) is 33.6 Å². The zero-order valence-electron chi connectivity index (χ0n) is 10.5. The van der Waals surface area contributed by atoms with Gasteiger partial charge < -0.3 is 9.64 Å². The van der Waals surface area contributed by atoms with Gasteiger partial charge >= 0.3 is 6.09 Å². The van der Waals surface area contributed by atoms with Gasteiger partial charge in [-0.05, 0) is 40.2 Å². The van der Waals surface area contributed by atoms with E-state index in [0.29, 0.717) is 6.04 Å². The minimum Gasteiger partial charge on any atom is -0.447 e. The molecule has 0 N–H and O–H groups in total. The van der Waals surface area contributed by atoms with Crippen molar-refractivity contribution in [2.24, 2.45) is 0 Å². The number of rotatable bonds is 1. The van der Waals surface area contributed by atoms with E-state index in [-0.39, 0.29) is 18.2 Å². The summed E-state index contributed by atoms with van der Waals surface area (Å²) in [5, 5.41) is 0. The first kappa shape index (κ1) is 11.7. The summed E-state index contributed by atoms with van der Waals surface area (Å²) >= 11 is 0. The molecule has 2 unspecified atom stereocenters. The van der Waals surface area contributed by atoms with E-state index in [4.69, 9.17) is 4.74 Å². The summed E-state index contributed by atoms with van der Waals surface area (Å²) in [6.45, 7) is 8.94. The van der Waals surface area contributed by atoms with Gasteiger partial charge in [0.2, 0.25) is 0 Å². The van der Waals surface area contributed by atoms with E-state index >= 15 is 0 Å². The highest BCUT2D eigenvalue weighted by molar-refractivity contribution is 5.68. The van der Waals surface area contributed by atoms with Crippen LogP contribution >= 0.6 is 0 Å². The van der Waals surface area contributed by atoms with Gasteiger partial charge in [-0.2, -0.15) is 0 Å². The second-order valence-electron chi connectivity index (χ2n) is 5.22. The van der Waals surface area contributed by atoms with Crippen LogP contribution in [-0.4, -0.2) is 53.7 Å². The smallest absolute Gasteiger partial charge is 0.410 e. The van der Waals surface area contributed by atoms with Crippen molar-refractivity contribution in [3.8, 4) is 0 Å². The lowest BCUT2D eigenvalue weighted by atomic mass is 10.1. The van der Waals surface area contributed by atoms with Gasteiger partial charge in [-0.25, -0.2) is 4.79 Å². The molecule has 2 aliphatic heterocycles. The van der Waals surface area contributed by atoms with Gasteiger partial charge in [0.25, 0.3) is 0 Å². The Morgan fingerprint density at radius 1 is 1.38 bits per heavy atom. The maximum atomic E-state index is 11.9. The normalized spacial score (nSPS) is 30.6. The molecule has 4 nitrogen and oxygen atoms in total. The van der Waals surface area contributed by atoms with E-state index in [2.05, 4.69) is 11.8 Å². The molecule has 2 rings (SSSR count). The van der Waals surface area contributed by atoms with Crippen LogP contribution in [0.3, 0.4) is 0 Å². The number of amides is 1. The average Bonchev–Trinajstić information content (AvgIpc) is 2.61. The first-order chi connectivity index (χ1) is 7.58. The lowest BCUT2D eigenvalue weighted by Crippen LogP contribution is -2.57. The van der Waals surface area contributed by atoms with Gasteiger partial charge in [0.15, 0.2) is 0 Å². The van der Waals surface area contributed by atoms with Gasteiger partial charge in [0, 0.05) is 25.2 Å². The van der Waals surface area contributed by atoms with Crippen LogP contribution in [0.5, 0.6) is 0 Å². The molecule has 0 bridgehead atoms. The van der Waals surface area contributed by atoms with Crippen LogP contribution in [0.15, 0.2) is 0 Å². The SMILES string of the molecule is CC(C)OC(=O)N1CC2CCCN2CC1C. The minimum atomic E-state index is -0.144. The molecular formula is C12H22N2O2. The minimum absolute atomic E-state index is 0.0266. The third-order valence-electron chi connectivity index (χ3n) is 3.51. The van der Waals surface area contributed by atoms with E-state index < -0.39 is 0 Å². The molecule has 0 aromatic carbocycles. The van der Waals surface area contributed by atoms with Gasteiger partial charge in [0.05, 0.1) is 6.10 Å². The molecule has 0 saturated carbocycles. The third kappa shape index (κ3) is 2.32. The van der Waals surface area contributed by atoms with E-state index in [1.54, 1.807) is 0 Å². The van der Waals surface area contributed by atoms with Crippen molar-refractivity contribution in [2.75, 3.05) is 19.6 Å². The molecule has 0 spiro atoms. The standard InChI is InChI=1S/C12H22N2O2/c1-9(2)16-12(15)14-8-11-5-4-6-13(11)7-10(14)3/h9-11H,4-8H2,1-3H3. The Kier molecular flexibility index (Phi) is 3.38. The van der Waals surface area contributed by atoms with Crippen LogP contribution in [0.4, 0.5) is 4.79 Å². The molecule has 2 saturated heterocycles. The van der Waals surface area contributed by atoms with E-state index in [1.807, 2.05) is 18.7 Å². The van der Waals surface area contributed by atoms with Gasteiger partial charge in [0.1, 0.15) is 0 Å². The quantitative estimate of drug-likeness (QED) is 0.682. The van der Waals surface area contributed by atoms with Crippen LogP contribution < -0.4 is 0 Å². The molecule has 0 aliphatic carbocycles. The fourth-order valence-corrected chi connectivity index (χ4v) is 2.71. The maximum absolute atomic E-state index is 11.9. The largest absolute Gasteiger partial charge is 0.447 e. The molecule has 2 aliphatic rings. The molecule has 2 fully saturated rings. The highest BCUT2D eigenvalue weighted by Crippen LogP contribution is 2.25. The number of fused-ring (bicyclic) bond motifs is 1. The van der Waals surface area contributed by atoms with Gasteiger partial charge in [-0.1, -0.05) is 0 Å². The number of hydrogen-bond donors (Lipinski definition) is 0. The molecule has 1 amide bonds. The lowest BCUT2D eigenvalue weighted by Gasteiger charge is -2.41. The molecule has 0 aromatic heterocycles. The Morgan fingerprint density at radius 2 is 2.12 bits per heavy atom. The summed E-state index contributed by atoms with van der Waals surface area (Å²) in [6.07, 6.45) is 2.32. The van der Waals surface area contributed by atoms with Gasteiger partial charge in [-0.3, -0.25) is 4.90 Å². The topological polar surface area (TPSA) is 32.8 Å². The number of ether oxygens (including phenoxy) is 1. The lowest BCUT2D eigenvalue weighted by molar-refractivity contribution is 0.0255. The first-order valence-corrected chi connectivity index (χ1v) is 6.29. The molecule has 0 radical (unpaired) electrons. The molecular weight excluding hydrogens is 204 g/mol. The molecule has 92 valence electrons. The fourth-order valence-electron chi connectivity index (χ4n) is 2.71. The summed E-state index contributed by atoms with van der Waals surface area (Å²) in [4.78, 5) is 16.3. The Morgan fingerprint density at radius 3 is 2.81 bits per heavy atom. The van der Waals surface area contributed by atoms with Crippen molar-refractivity contribution in [2.45, 2.75) is 51.8 Å². The molecule has 4 heteroatoms. The average molecular weight is 226 g/mol. The van der Waals surface area contributed by atoms with E-state index in [9.17, 15) is 4.79 Å². The number of nitrogens with zero attached hydrogens (tertiary/aromatic N) is 2. The number of piperazine rings is 1. The highest BCUT2D eigenvalue weighted by Gasteiger charge is 2.37. The Labute approximate surface area is 97.5 Å². The van der Waals surface area contributed by atoms with Crippen molar-refractivity contribution in [3.05, 3.63) is 0 Å². The van der Waals surface area contributed by atoms with Crippen LogP contribution in [-0.2, 0) is 4.74 Å². The predicted molar refractivity (Wildman–Crippen MR) is 62.4 cm³/mol. The molecule has 2 atom stereocenters. The zero-order chi connectivity index (χ0) is 11.7. The highest BCUT2D eigenvalue weighted by atomic mass is 16.6. The molecule has 0 aromatic rings. The Balaban J connectivity index is 1.96. The molecule has 2 heterocycles. The predicted octanol–water partition coefficient (Wildman–Crippen LogP) is 1.70. The second-order valence-corrected chi connectivity index (χ2v) is 5.22. The Bertz CT molecular complexity index is 268. The van der Waals surface area contributed by atoms with Crippen molar-refractivity contribution >= 4 is 6.09 Å². The maximum Gasteiger partial charge on any atom is 0.410 e. The van der Waals surface area contributed by atoms with Crippen LogP contribution in [0, 0.1) is 0 Å². The second kappa shape index (κ2) is 4.62. The van der Waals surface area contributed by atoms with Crippen molar-refractivity contribution in [3.63, 3.8) is 0 Å². The molecule has 16 heavy (non-hydrogen) atoms. The Hall–Kier alpha value is -0.770. The van der Waals surface area contributed by atoms with Crippen molar-refractivity contribution < 1.29 is 9.53 Å². The summed E-state index contributed by atoms with van der Waals surface area (Å²) in [5.74, 6) is 0. The summed E-state index contributed by atoms with van der Waals surface area (Å²) in [6, 6.07) is 0.844. The summed E-state index contributed by atoms with van der Waals surface area (Å²) in [7, 11) is 0. The van der Waals surface area contributed by atoms with E-state index in [0.717, 1.165) is 13.1 Å². The van der Waals surface area contributed by atoms with Crippen molar-refractivity contribution in [1.82, 2.24) is 9.80 Å². The van der Waals surface area contributed by atoms with Gasteiger partial charge in [-0.15, -0.1) is 0 Å². The first-order valence-electron chi connectivity index (χ1n) is 6.29. The van der Waals surface area contributed by atoms with E-state index in [1.165, 1.54) is 19.4 Å². The monoisotopic (exact) mass is 226 g/mol. The number of carbonyl (C=O) groups excluding carboxylic acids is 1. The third-order valence-corrected chi connectivity index (χ3v) is 3.51. The summed E-state index contributed by atoms with van der Waals surface area (Å²) in [5.41, 5.74) is 0. The number of carbonyl (C=O) groups is 1. The zero-order valence-corrected chi connectivity index (χ0v) is 10.5.